The highest BCUT2D eigenvalue weighted by Gasteiger charge is 2.19. The van der Waals surface area contributed by atoms with E-state index in [1.165, 1.54) is 0 Å². The van der Waals surface area contributed by atoms with Gasteiger partial charge >= 0.3 is 6.09 Å². The van der Waals surface area contributed by atoms with Crippen molar-refractivity contribution in [2.24, 2.45) is 0 Å². The number of anilines is 1. The van der Waals surface area contributed by atoms with E-state index in [0.29, 0.717) is 11.3 Å². The number of carbonyl (C=O) groups excluding carboxylic acids is 1. The predicted molar refractivity (Wildman–Crippen MR) is 76.0 cm³/mol. The summed E-state index contributed by atoms with van der Waals surface area (Å²) in [5.74, 6) is 0. The fourth-order valence-electron chi connectivity index (χ4n) is 1.44. The van der Waals surface area contributed by atoms with E-state index in [1.807, 2.05) is 0 Å². The minimum absolute atomic E-state index is 0.394. The Bertz CT molecular complexity index is 456. The van der Waals surface area contributed by atoms with Crippen LogP contribution in [0.15, 0.2) is 22.7 Å². The van der Waals surface area contributed by atoms with Gasteiger partial charge in [-0.15, -0.1) is 0 Å². The van der Waals surface area contributed by atoms with Crippen LogP contribution in [0.1, 0.15) is 32.4 Å². The van der Waals surface area contributed by atoms with Gasteiger partial charge in [0.25, 0.3) is 0 Å². The first-order valence-corrected chi connectivity index (χ1v) is 6.60. The monoisotopic (exact) mass is 331 g/mol. The van der Waals surface area contributed by atoms with Crippen molar-refractivity contribution in [2.75, 3.05) is 11.9 Å². The molecule has 0 heterocycles. The number of aliphatic hydroxyl groups is 2. The van der Waals surface area contributed by atoms with Gasteiger partial charge in [-0.3, -0.25) is 5.32 Å². The number of rotatable bonds is 3. The second-order valence-electron chi connectivity index (χ2n) is 5.06. The molecule has 0 saturated carbocycles. The molecule has 3 N–H and O–H groups in total. The van der Waals surface area contributed by atoms with Gasteiger partial charge < -0.3 is 14.9 Å². The number of nitrogens with one attached hydrogen (secondary N) is 1. The highest BCUT2D eigenvalue weighted by molar-refractivity contribution is 9.10. The number of ether oxygens (including phenoxy) is 1. The zero-order chi connectivity index (χ0) is 14.6. The Hall–Kier alpha value is -1.11. The second-order valence-corrected chi connectivity index (χ2v) is 5.97. The molecule has 1 rings (SSSR count). The van der Waals surface area contributed by atoms with E-state index in [1.54, 1.807) is 39.0 Å². The third kappa shape index (κ3) is 5.18. The molecule has 0 spiro atoms. The second kappa shape index (κ2) is 6.36. The summed E-state index contributed by atoms with van der Waals surface area (Å²) in [4.78, 5) is 11.7. The smallest absolute Gasteiger partial charge is 0.412 e. The van der Waals surface area contributed by atoms with E-state index >= 15 is 0 Å². The normalized spacial score (nSPS) is 12.9. The van der Waals surface area contributed by atoms with Crippen LogP contribution < -0.4 is 5.32 Å². The molecule has 0 saturated heterocycles. The van der Waals surface area contributed by atoms with Crippen LogP contribution in [0.25, 0.3) is 0 Å². The number of halogens is 1. The molecule has 0 aliphatic heterocycles. The van der Waals surface area contributed by atoms with Gasteiger partial charge in [0.1, 0.15) is 11.7 Å². The van der Waals surface area contributed by atoms with Crippen molar-refractivity contribution in [3.8, 4) is 0 Å². The summed E-state index contributed by atoms with van der Waals surface area (Å²) < 4.78 is 5.88. The number of benzene rings is 1. The highest BCUT2D eigenvalue weighted by atomic mass is 79.9. The quantitative estimate of drug-likeness (QED) is 0.795. The van der Waals surface area contributed by atoms with Gasteiger partial charge in [0.2, 0.25) is 0 Å². The molecule has 1 aromatic carbocycles. The molecule has 19 heavy (non-hydrogen) atoms. The van der Waals surface area contributed by atoms with Crippen LogP contribution in [0.3, 0.4) is 0 Å². The van der Waals surface area contributed by atoms with Crippen molar-refractivity contribution in [3.05, 3.63) is 28.2 Å². The lowest BCUT2D eigenvalue weighted by Gasteiger charge is -2.21. The van der Waals surface area contributed by atoms with Crippen molar-refractivity contribution in [3.63, 3.8) is 0 Å². The summed E-state index contributed by atoms with van der Waals surface area (Å²) in [6, 6.07) is 4.98. The SMILES string of the molecule is CC(C)(C)OC(=O)Nc1cc(Br)ccc1C(O)CO. The minimum atomic E-state index is -1.06. The van der Waals surface area contributed by atoms with Gasteiger partial charge in [-0.1, -0.05) is 22.0 Å². The maximum atomic E-state index is 11.7. The zero-order valence-corrected chi connectivity index (χ0v) is 12.7. The summed E-state index contributed by atoms with van der Waals surface area (Å²) in [6.07, 6.45) is -1.67. The first kappa shape index (κ1) is 15.9. The summed E-state index contributed by atoms with van der Waals surface area (Å²) in [5, 5.41) is 21.2. The topological polar surface area (TPSA) is 78.8 Å². The molecular weight excluding hydrogens is 314 g/mol. The molecule has 6 heteroatoms. The van der Waals surface area contributed by atoms with Crippen LogP contribution in [0.5, 0.6) is 0 Å². The van der Waals surface area contributed by atoms with E-state index in [0.717, 1.165) is 4.47 Å². The lowest BCUT2D eigenvalue weighted by Crippen LogP contribution is -2.27. The van der Waals surface area contributed by atoms with Gasteiger partial charge in [-0.25, -0.2) is 4.79 Å². The molecule has 0 bridgehead atoms. The molecule has 1 aromatic rings. The Morgan fingerprint density at radius 3 is 2.63 bits per heavy atom. The van der Waals surface area contributed by atoms with Gasteiger partial charge in [-0.05, 0) is 32.9 Å². The summed E-state index contributed by atoms with van der Waals surface area (Å²) >= 11 is 3.28. The van der Waals surface area contributed by atoms with Crippen molar-refractivity contribution in [1.82, 2.24) is 0 Å². The van der Waals surface area contributed by atoms with Crippen LogP contribution in [0.2, 0.25) is 0 Å². The van der Waals surface area contributed by atoms with Crippen LogP contribution in [0.4, 0.5) is 10.5 Å². The van der Waals surface area contributed by atoms with Gasteiger partial charge in [0, 0.05) is 10.0 Å². The van der Waals surface area contributed by atoms with E-state index in [4.69, 9.17) is 9.84 Å². The van der Waals surface area contributed by atoms with Gasteiger partial charge in [0.05, 0.1) is 12.3 Å². The summed E-state index contributed by atoms with van der Waals surface area (Å²) in [6.45, 7) is 4.86. The lowest BCUT2D eigenvalue weighted by molar-refractivity contribution is 0.0634. The molecule has 1 unspecified atom stereocenters. The fourth-order valence-corrected chi connectivity index (χ4v) is 1.80. The molecule has 0 fully saturated rings. The molecule has 106 valence electrons. The number of hydrogen-bond donors (Lipinski definition) is 3. The number of aliphatic hydroxyl groups excluding tert-OH is 2. The predicted octanol–water partition coefficient (Wildman–Crippen LogP) is 2.82. The average molecular weight is 332 g/mol. The first-order valence-electron chi connectivity index (χ1n) is 5.81. The van der Waals surface area contributed by atoms with Gasteiger partial charge in [-0.2, -0.15) is 0 Å². The molecular formula is C13H18BrNO4. The van der Waals surface area contributed by atoms with E-state index in [2.05, 4.69) is 21.2 Å². The van der Waals surface area contributed by atoms with E-state index in [-0.39, 0.29) is 0 Å². The molecule has 5 nitrogen and oxygen atoms in total. The van der Waals surface area contributed by atoms with E-state index < -0.39 is 24.4 Å². The van der Waals surface area contributed by atoms with Crippen molar-refractivity contribution < 1.29 is 19.7 Å². The number of amides is 1. The average Bonchev–Trinajstić information content (AvgIpc) is 2.25. The third-order valence-corrected chi connectivity index (χ3v) is 2.68. The molecule has 0 aromatic heterocycles. The van der Waals surface area contributed by atoms with E-state index in [9.17, 15) is 9.90 Å². The third-order valence-electron chi connectivity index (χ3n) is 2.18. The molecule has 0 aliphatic rings. The van der Waals surface area contributed by atoms with Crippen LogP contribution in [-0.2, 0) is 4.74 Å². The highest BCUT2D eigenvalue weighted by Crippen LogP contribution is 2.27. The Morgan fingerprint density at radius 2 is 2.11 bits per heavy atom. The molecule has 1 amide bonds. The van der Waals surface area contributed by atoms with Crippen LogP contribution >= 0.6 is 15.9 Å². The number of carbonyl (C=O) groups is 1. The fraction of sp³-hybridized carbons (Fsp3) is 0.462. The van der Waals surface area contributed by atoms with Crippen LogP contribution in [-0.4, -0.2) is 28.5 Å². The molecule has 0 radical (unpaired) electrons. The Labute approximate surface area is 120 Å². The standard InChI is InChI=1S/C13H18BrNO4/c1-13(2,3)19-12(18)15-10-6-8(14)4-5-9(10)11(17)7-16/h4-6,11,16-17H,7H2,1-3H3,(H,15,18). The number of hydrogen-bond acceptors (Lipinski definition) is 4. The summed E-state index contributed by atoms with van der Waals surface area (Å²) in [5.41, 5.74) is 0.216. The largest absolute Gasteiger partial charge is 0.444 e. The van der Waals surface area contributed by atoms with Gasteiger partial charge in [0.15, 0.2) is 0 Å². The Balaban J connectivity index is 2.93. The van der Waals surface area contributed by atoms with Crippen molar-refractivity contribution in [1.29, 1.82) is 0 Å². The molecule has 1 atom stereocenters. The maximum absolute atomic E-state index is 11.7. The zero-order valence-electron chi connectivity index (χ0n) is 11.1. The molecule has 0 aliphatic carbocycles. The Morgan fingerprint density at radius 1 is 1.47 bits per heavy atom. The van der Waals surface area contributed by atoms with Crippen molar-refractivity contribution >= 4 is 27.7 Å². The van der Waals surface area contributed by atoms with Crippen molar-refractivity contribution in [2.45, 2.75) is 32.5 Å². The van der Waals surface area contributed by atoms with Crippen LogP contribution in [0, 0.1) is 0 Å². The first-order chi connectivity index (χ1) is 8.73. The minimum Gasteiger partial charge on any atom is -0.444 e. The maximum Gasteiger partial charge on any atom is 0.412 e. The summed E-state index contributed by atoms with van der Waals surface area (Å²) in [7, 11) is 0. The lowest BCUT2D eigenvalue weighted by atomic mass is 10.1. The Kier molecular flexibility index (Phi) is 5.34.